The van der Waals surface area contributed by atoms with E-state index in [9.17, 15) is 14.4 Å². The van der Waals surface area contributed by atoms with Crippen molar-refractivity contribution in [3.63, 3.8) is 0 Å². The minimum absolute atomic E-state index is 0.00494. The van der Waals surface area contributed by atoms with Gasteiger partial charge in [-0.05, 0) is 68.4 Å². The molecule has 4 aliphatic carbocycles. The second kappa shape index (κ2) is 6.70. The first kappa shape index (κ1) is 17.0. The third-order valence-corrected chi connectivity index (χ3v) is 6.17. The highest BCUT2D eigenvalue weighted by Gasteiger charge is 2.54. The molecular weight excluding hydrogens is 332 g/mol. The number of rotatable bonds is 4. The topological polar surface area (TPSA) is 100 Å². The molecule has 0 radical (unpaired) electrons. The molecule has 1 heterocycles. The Morgan fingerprint density at radius 3 is 2.27 bits per heavy atom. The second-order valence-electron chi connectivity index (χ2n) is 8.12. The molecule has 3 amide bonds. The molecule has 0 saturated heterocycles. The Morgan fingerprint density at radius 2 is 1.69 bits per heavy atom. The zero-order valence-electron chi connectivity index (χ0n) is 14.7. The number of hydrogen-bond acceptors (Lipinski definition) is 4. The van der Waals surface area contributed by atoms with Crippen LogP contribution in [0.5, 0.6) is 0 Å². The fraction of sp³-hybridized carbons (Fsp3) is 0.579. The summed E-state index contributed by atoms with van der Waals surface area (Å²) in [6.45, 7) is -0.131. The molecular formula is C19H24N4O3. The van der Waals surface area contributed by atoms with Crippen LogP contribution in [0.15, 0.2) is 24.5 Å². The van der Waals surface area contributed by atoms with Gasteiger partial charge < -0.3 is 5.32 Å². The van der Waals surface area contributed by atoms with Crippen molar-refractivity contribution in [2.45, 2.75) is 38.5 Å². The summed E-state index contributed by atoms with van der Waals surface area (Å²) in [6, 6.07) is 3.24. The molecule has 4 aliphatic rings. The predicted octanol–water partition coefficient (Wildman–Crippen LogP) is 1.18. The lowest BCUT2D eigenvalue weighted by atomic mass is 9.49. The van der Waals surface area contributed by atoms with Gasteiger partial charge in [0.2, 0.25) is 5.91 Å². The molecule has 4 saturated carbocycles. The maximum absolute atomic E-state index is 12.8. The highest BCUT2D eigenvalue weighted by atomic mass is 16.2. The average molecular weight is 356 g/mol. The molecule has 4 bridgehead atoms. The molecule has 0 spiro atoms. The summed E-state index contributed by atoms with van der Waals surface area (Å²) in [4.78, 5) is 40.4. The Balaban J connectivity index is 1.26. The molecule has 1 aromatic rings. The van der Waals surface area contributed by atoms with Gasteiger partial charge in [-0.3, -0.25) is 30.2 Å². The quantitative estimate of drug-likeness (QED) is 0.705. The van der Waals surface area contributed by atoms with Crippen molar-refractivity contribution < 1.29 is 14.4 Å². The van der Waals surface area contributed by atoms with Crippen LogP contribution in [0.1, 0.15) is 48.9 Å². The molecule has 0 unspecified atom stereocenters. The maximum Gasteiger partial charge on any atom is 0.271 e. The second-order valence-corrected chi connectivity index (χ2v) is 8.12. The van der Waals surface area contributed by atoms with E-state index in [0.717, 1.165) is 19.3 Å². The molecule has 0 aliphatic heterocycles. The summed E-state index contributed by atoms with van der Waals surface area (Å²) in [7, 11) is 0. The molecule has 4 fully saturated rings. The van der Waals surface area contributed by atoms with E-state index < -0.39 is 11.8 Å². The summed E-state index contributed by atoms with van der Waals surface area (Å²) < 4.78 is 0. The third kappa shape index (κ3) is 3.30. The zero-order valence-corrected chi connectivity index (χ0v) is 14.7. The Bertz CT molecular complexity index is 683. The van der Waals surface area contributed by atoms with Crippen molar-refractivity contribution in [1.82, 2.24) is 21.2 Å². The lowest BCUT2D eigenvalue weighted by Gasteiger charge is -2.55. The van der Waals surface area contributed by atoms with Gasteiger partial charge >= 0.3 is 0 Å². The summed E-state index contributed by atoms with van der Waals surface area (Å²) in [5.74, 6) is 1.16. The van der Waals surface area contributed by atoms with E-state index in [4.69, 9.17) is 0 Å². The highest BCUT2D eigenvalue weighted by molar-refractivity contribution is 5.95. The molecule has 7 heteroatoms. The van der Waals surface area contributed by atoms with Crippen LogP contribution in [0.3, 0.4) is 0 Å². The first-order chi connectivity index (χ1) is 12.5. The van der Waals surface area contributed by atoms with E-state index >= 15 is 0 Å². The Hall–Kier alpha value is -2.44. The van der Waals surface area contributed by atoms with Crippen molar-refractivity contribution in [2.75, 3.05) is 6.54 Å². The van der Waals surface area contributed by atoms with Crippen LogP contribution in [0.2, 0.25) is 0 Å². The van der Waals surface area contributed by atoms with Gasteiger partial charge in [0.05, 0.1) is 12.1 Å². The van der Waals surface area contributed by atoms with Crippen molar-refractivity contribution >= 4 is 17.7 Å². The molecule has 7 nitrogen and oxygen atoms in total. The van der Waals surface area contributed by atoms with Gasteiger partial charge in [0, 0.05) is 17.8 Å². The Kier molecular flexibility index (Phi) is 4.38. The highest BCUT2D eigenvalue weighted by Crippen LogP contribution is 2.60. The maximum atomic E-state index is 12.8. The average Bonchev–Trinajstić information content (AvgIpc) is 2.63. The first-order valence-electron chi connectivity index (χ1n) is 9.31. The van der Waals surface area contributed by atoms with Crippen LogP contribution in [-0.4, -0.2) is 29.3 Å². The smallest absolute Gasteiger partial charge is 0.271 e. The van der Waals surface area contributed by atoms with Crippen LogP contribution >= 0.6 is 0 Å². The normalized spacial score (nSPS) is 31.3. The fourth-order valence-corrected chi connectivity index (χ4v) is 5.48. The number of carbonyl (C=O) groups is 3. The molecule has 26 heavy (non-hydrogen) atoms. The third-order valence-electron chi connectivity index (χ3n) is 6.17. The fourth-order valence-electron chi connectivity index (χ4n) is 5.48. The van der Waals surface area contributed by atoms with Gasteiger partial charge in [-0.15, -0.1) is 0 Å². The number of hydrogen-bond donors (Lipinski definition) is 3. The van der Waals surface area contributed by atoms with E-state index in [2.05, 4.69) is 21.2 Å². The number of aromatic nitrogens is 1. The number of nitrogens with zero attached hydrogens (tertiary/aromatic N) is 1. The number of amides is 3. The monoisotopic (exact) mass is 356 g/mol. The van der Waals surface area contributed by atoms with E-state index in [-0.39, 0.29) is 17.9 Å². The summed E-state index contributed by atoms with van der Waals surface area (Å²) in [5, 5.41) is 2.79. The number of pyridine rings is 1. The van der Waals surface area contributed by atoms with Crippen LogP contribution in [0.4, 0.5) is 0 Å². The largest absolute Gasteiger partial charge is 0.346 e. The van der Waals surface area contributed by atoms with E-state index in [1.54, 1.807) is 18.3 Å². The zero-order chi connectivity index (χ0) is 18.1. The van der Waals surface area contributed by atoms with Gasteiger partial charge in [0.25, 0.3) is 11.8 Å². The molecule has 0 aromatic carbocycles. The molecule has 0 atom stereocenters. The Labute approximate surface area is 152 Å². The van der Waals surface area contributed by atoms with Gasteiger partial charge in [-0.25, -0.2) is 0 Å². The van der Waals surface area contributed by atoms with Gasteiger partial charge in [0.1, 0.15) is 0 Å². The van der Waals surface area contributed by atoms with E-state index in [0.29, 0.717) is 23.3 Å². The summed E-state index contributed by atoms with van der Waals surface area (Å²) in [6.07, 6.45) is 9.68. The molecule has 5 rings (SSSR count). The van der Waals surface area contributed by atoms with E-state index in [1.807, 2.05) is 0 Å². The molecule has 1 aromatic heterocycles. The summed E-state index contributed by atoms with van der Waals surface area (Å²) in [5.41, 5.74) is 4.74. The lowest BCUT2D eigenvalue weighted by Crippen LogP contribution is -2.55. The van der Waals surface area contributed by atoms with Crippen LogP contribution in [-0.2, 0) is 9.59 Å². The molecule has 138 valence electrons. The standard InChI is InChI=1S/C19H24N4O3/c24-16(22-23-17(25)15-2-1-3-20-10-15)11-21-18(26)19-7-12-4-13(8-19)6-14(5-12)9-19/h1-3,10,12-14H,4-9,11H2,(H,21,26)(H,22,24)(H,23,25). The van der Waals surface area contributed by atoms with Gasteiger partial charge in [-0.1, -0.05) is 0 Å². The van der Waals surface area contributed by atoms with Crippen LogP contribution in [0, 0.1) is 23.2 Å². The predicted molar refractivity (Wildman–Crippen MR) is 93.5 cm³/mol. The Morgan fingerprint density at radius 1 is 1.04 bits per heavy atom. The minimum Gasteiger partial charge on any atom is -0.346 e. The van der Waals surface area contributed by atoms with Crippen LogP contribution < -0.4 is 16.2 Å². The van der Waals surface area contributed by atoms with Crippen molar-refractivity contribution in [3.05, 3.63) is 30.1 Å². The van der Waals surface area contributed by atoms with Crippen molar-refractivity contribution in [1.29, 1.82) is 0 Å². The lowest BCUT2D eigenvalue weighted by molar-refractivity contribution is -0.147. The number of nitrogens with one attached hydrogen (secondary N) is 3. The van der Waals surface area contributed by atoms with E-state index in [1.165, 1.54) is 25.5 Å². The first-order valence-corrected chi connectivity index (χ1v) is 9.31. The van der Waals surface area contributed by atoms with Crippen LogP contribution in [0.25, 0.3) is 0 Å². The summed E-state index contributed by atoms with van der Waals surface area (Å²) >= 11 is 0. The molecule has 3 N–H and O–H groups in total. The van der Waals surface area contributed by atoms with Crippen molar-refractivity contribution in [2.24, 2.45) is 23.2 Å². The van der Waals surface area contributed by atoms with Crippen molar-refractivity contribution in [3.8, 4) is 0 Å². The minimum atomic E-state index is -0.445. The number of hydrazine groups is 1. The number of carbonyl (C=O) groups excluding carboxylic acids is 3. The van der Waals surface area contributed by atoms with Gasteiger partial charge in [-0.2, -0.15) is 0 Å². The SMILES string of the molecule is O=C(CNC(=O)C12CC3CC(CC(C3)C1)C2)NNC(=O)c1cccnc1. The van der Waals surface area contributed by atoms with Gasteiger partial charge in [0.15, 0.2) is 0 Å².